The van der Waals surface area contributed by atoms with Crippen LogP contribution in [-0.2, 0) is 14.8 Å². The molecule has 0 amide bonds. The molecule has 1 saturated heterocycles. The first kappa shape index (κ1) is 19.1. The van der Waals surface area contributed by atoms with Crippen LogP contribution in [0.3, 0.4) is 0 Å². The molecular weight excluding hydrogens is 370 g/mol. The Hall–Kier alpha value is -2.71. The van der Waals surface area contributed by atoms with E-state index in [1.165, 1.54) is 52.8 Å². The van der Waals surface area contributed by atoms with Gasteiger partial charge in [-0.2, -0.15) is 4.31 Å². The second kappa shape index (κ2) is 7.89. The Kier molecular flexibility index (Phi) is 5.57. The quantitative estimate of drug-likeness (QED) is 0.600. The number of nitrogens with zero attached hydrogens (tertiary/aromatic N) is 1. The van der Waals surface area contributed by atoms with Crippen molar-refractivity contribution in [1.82, 2.24) is 4.31 Å². The third-order valence-electron chi connectivity index (χ3n) is 4.30. The van der Waals surface area contributed by atoms with Gasteiger partial charge in [0.25, 0.3) is 0 Å². The number of rotatable bonds is 6. The van der Waals surface area contributed by atoms with Gasteiger partial charge in [0, 0.05) is 18.7 Å². The van der Waals surface area contributed by atoms with Crippen LogP contribution < -0.4 is 0 Å². The highest BCUT2D eigenvalue weighted by molar-refractivity contribution is 7.89. The number of aromatic hydroxyl groups is 1. The van der Waals surface area contributed by atoms with Gasteiger partial charge in [0.15, 0.2) is 12.4 Å². The summed E-state index contributed by atoms with van der Waals surface area (Å²) in [7, 11) is -3.53. The molecule has 1 N–H and O–H groups in total. The van der Waals surface area contributed by atoms with Crippen LogP contribution in [0, 0.1) is 0 Å². The van der Waals surface area contributed by atoms with Crippen LogP contribution in [0.4, 0.5) is 0 Å². The zero-order chi connectivity index (χ0) is 19.4. The Bertz CT molecular complexity index is 946. The van der Waals surface area contributed by atoms with Crippen molar-refractivity contribution in [2.24, 2.45) is 0 Å². The molecule has 3 rings (SSSR count). The predicted molar refractivity (Wildman–Crippen MR) is 97.2 cm³/mol. The minimum absolute atomic E-state index is 0.0782. The van der Waals surface area contributed by atoms with Gasteiger partial charge in [0.1, 0.15) is 5.75 Å². The largest absolute Gasteiger partial charge is 0.508 e. The molecule has 142 valence electrons. The lowest BCUT2D eigenvalue weighted by molar-refractivity contribution is 0.0474. The zero-order valence-electron chi connectivity index (χ0n) is 14.5. The van der Waals surface area contributed by atoms with Crippen molar-refractivity contribution >= 4 is 21.8 Å². The predicted octanol–water partition coefficient (Wildman–Crippen LogP) is 2.22. The minimum Gasteiger partial charge on any atom is -0.508 e. The molecule has 2 aromatic rings. The first-order valence-corrected chi connectivity index (χ1v) is 9.91. The first-order valence-electron chi connectivity index (χ1n) is 8.47. The van der Waals surface area contributed by atoms with E-state index in [-0.39, 0.29) is 21.8 Å². The molecule has 0 spiro atoms. The maximum Gasteiger partial charge on any atom is 0.338 e. The highest BCUT2D eigenvalue weighted by atomic mass is 32.2. The lowest BCUT2D eigenvalue weighted by Gasteiger charge is -2.15. The second-order valence-corrected chi connectivity index (χ2v) is 8.12. The van der Waals surface area contributed by atoms with Gasteiger partial charge < -0.3 is 9.84 Å². The number of carbonyl (C=O) groups is 2. The molecule has 0 unspecified atom stereocenters. The van der Waals surface area contributed by atoms with Crippen LogP contribution in [-0.4, -0.2) is 49.3 Å². The van der Waals surface area contributed by atoms with Crippen molar-refractivity contribution in [1.29, 1.82) is 0 Å². The number of ketones is 1. The SMILES string of the molecule is O=C(COC(=O)c1cccc(O)c1)c1ccc(S(=O)(=O)N2CCCC2)cc1. The van der Waals surface area contributed by atoms with E-state index in [1.54, 1.807) is 0 Å². The molecule has 0 saturated carbocycles. The molecule has 0 bridgehead atoms. The van der Waals surface area contributed by atoms with Crippen LogP contribution in [0.5, 0.6) is 5.75 Å². The maximum atomic E-state index is 12.5. The van der Waals surface area contributed by atoms with E-state index in [9.17, 15) is 23.1 Å². The van der Waals surface area contributed by atoms with Gasteiger partial charge >= 0.3 is 5.97 Å². The fourth-order valence-electron chi connectivity index (χ4n) is 2.82. The smallest absolute Gasteiger partial charge is 0.338 e. The van der Waals surface area contributed by atoms with Crippen LogP contribution in [0.2, 0.25) is 0 Å². The van der Waals surface area contributed by atoms with Crippen LogP contribution in [0.1, 0.15) is 33.6 Å². The van der Waals surface area contributed by atoms with Crippen molar-refractivity contribution in [3.63, 3.8) is 0 Å². The summed E-state index contributed by atoms with van der Waals surface area (Å²) < 4.78 is 31.3. The van der Waals surface area contributed by atoms with Gasteiger partial charge in [0.2, 0.25) is 10.0 Å². The molecular formula is C19H19NO6S. The summed E-state index contributed by atoms with van der Waals surface area (Å²) >= 11 is 0. The van der Waals surface area contributed by atoms with Gasteiger partial charge in [-0.25, -0.2) is 13.2 Å². The monoisotopic (exact) mass is 389 g/mol. The molecule has 0 aromatic heterocycles. The van der Waals surface area contributed by atoms with Crippen molar-refractivity contribution in [2.45, 2.75) is 17.7 Å². The summed E-state index contributed by atoms with van der Waals surface area (Å²) in [5.74, 6) is -1.26. The summed E-state index contributed by atoms with van der Waals surface area (Å²) in [6.45, 7) is 0.536. The van der Waals surface area contributed by atoms with Gasteiger partial charge in [-0.1, -0.05) is 6.07 Å². The van der Waals surface area contributed by atoms with E-state index >= 15 is 0 Å². The number of hydrogen-bond donors (Lipinski definition) is 1. The van der Waals surface area contributed by atoms with Gasteiger partial charge in [-0.15, -0.1) is 0 Å². The number of ether oxygens (including phenoxy) is 1. The summed E-state index contributed by atoms with van der Waals surface area (Å²) in [5, 5.41) is 9.36. The summed E-state index contributed by atoms with van der Waals surface area (Å²) in [5.41, 5.74) is 0.383. The number of phenols is 1. The highest BCUT2D eigenvalue weighted by Gasteiger charge is 2.27. The number of benzene rings is 2. The number of phenolic OH excluding ortho intramolecular Hbond substituents is 1. The Morgan fingerprint density at radius 2 is 1.67 bits per heavy atom. The zero-order valence-corrected chi connectivity index (χ0v) is 15.3. The number of carbonyl (C=O) groups excluding carboxylic acids is 2. The fourth-order valence-corrected chi connectivity index (χ4v) is 4.34. The number of sulfonamides is 1. The van der Waals surface area contributed by atoms with E-state index in [0.29, 0.717) is 13.1 Å². The third kappa shape index (κ3) is 4.35. The molecule has 7 nitrogen and oxygen atoms in total. The van der Waals surface area contributed by atoms with Crippen molar-refractivity contribution in [3.05, 3.63) is 59.7 Å². The molecule has 2 aromatic carbocycles. The Balaban J connectivity index is 1.63. The van der Waals surface area contributed by atoms with Crippen LogP contribution in [0.15, 0.2) is 53.4 Å². The van der Waals surface area contributed by atoms with E-state index in [0.717, 1.165) is 12.8 Å². The standard InChI is InChI=1S/C19H19NO6S/c21-16-5-3-4-15(12-16)19(23)26-13-18(22)14-6-8-17(9-7-14)27(24,25)20-10-1-2-11-20/h3-9,12,21H,1-2,10-11,13H2. The van der Waals surface area contributed by atoms with Gasteiger partial charge in [-0.3, -0.25) is 4.79 Å². The number of hydrogen-bond acceptors (Lipinski definition) is 6. The number of esters is 1. The second-order valence-electron chi connectivity index (χ2n) is 6.19. The lowest BCUT2D eigenvalue weighted by Crippen LogP contribution is -2.27. The van der Waals surface area contributed by atoms with E-state index in [4.69, 9.17) is 4.74 Å². The van der Waals surface area contributed by atoms with Crippen LogP contribution in [0.25, 0.3) is 0 Å². The van der Waals surface area contributed by atoms with Crippen molar-refractivity contribution in [2.75, 3.05) is 19.7 Å². The fraction of sp³-hybridized carbons (Fsp3) is 0.263. The molecule has 0 radical (unpaired) electrons. The number of Topliss-reactive ketones (excluding diaryl/α,β-unsaturated/α-hetero) is 1. The van der Waals surface area contributed by atoms with Crippen LogP contribution >= 0.6 is 0 Å². The molecule has 1 fully saturated rings. The van der Waals surface area contributed by atoms with E-state index < -0.39 is 28.4 Å². The minimum atomic E-state index is -3.53. The molecule has 8 heteroatoms. The summed E-state index contributed by atoms with van der Waals surface area (Å²) in [4.78, 5) is 24.2. The molecule has 1 heterocycles. The molecule has 0 atom stereocenters. The van der Waals surface area contributed by atoms with Gasteiger partial charge in [0.05, 0.1) is 10.5 Å². The van der Waals surface area contributed by atoms with Crippen molar-refractivity contribution in [3.8, 4) is 5.75 Å². The highest BCUT2D eigenvalue weighted by Crippen LogP contribution is 2.21. The third-order valence-corrected chi connectivity index (χ3v) is 6.21. The topological polar surface area (TPSA) is 101 Å². The average Bonchev–Trinajstić information content (AvgIpc) is 3.21. The summed E-state index contributed by atoms with van der Waals surface area (Å²) in [6, 6.07) is 11.2. The molecule has 27 heavy (non-hydrogen) atoms. The lowest BCUT2D eigenvalue weighted by atomic mass is 10.1. The normalized spacial score (nSPS) is 14.8. The maximum absolute atomic E-state index is 12.5. The Morgan fingerprint density at radius 3 is 2.30 bits per heavy atom. The summed E-state index contributed by atoms with van der Waals surface area (Å²) in [6.07, 6.45) is 1.70. The first-order chi connectivity index (χ1) is 12.9. The Morgan fingerprint density at radius 1 is 1.00 bits per heavy atom. The molecule has 0 aliphatic carbocycles. The van der Waals surface area contributed by atoms with Gasteiger partial charge in [-0.05, 0) is 55.3 Å². The Labute approximate surface area is 157 Å². The molecule has 1 aliphatic heterocycles. The van der Waals surface area contributed by atoms with Crippen molar-refractivity contribution < 1.29 is 27.9 Å². The van der Waals surface area contributed by atoms with E-state index in [1.807, 2.05) is 0 Å². The molecule has 1 aliphatic rings. The average molecular weight is 389 g/mol. The van der Waals surface area contributed by atoms with E-state index in [2.05, 4.69) is 0 Å².